The lowest BCUT2D eigenvalue weighted by Gasteiger charge is -2.17. The lowest BCUT2D eigenvalue weighted by atomic mass is 10.4. The molecule has 4 nitrogen and oxygen atoms in total. The van der Waals surface area contributed by atoms with Crippen molar-refractivity contribution in [2.75, 3.05) is 7.05 Å². The molecule has 0 spiro atoms. The molecule has 1 fully saturated rings. The maximum atomic E-state index is 12.1. The van der Waals surface area contributed by atoms with Crippen LogP contribution in [0.4, 0.5) is 0 Å². The van der Waals surface area contributed by atoms with E-state index in [1.165, 1.54) is 0 Å². The van der Waals surface area contributed by atoms with Gasteiger partial charge in [0.05, 0.1) is 4.88 Å². The van der Waals surface area contributed by atoms with Crippen molar-refractivity contribution < 1.29 is 4.79 Å². The molecule has 5 heteroatoms. The molecule has 0 saturated heterocycles. The monoisotopic (exact) mass is 261 g/mol. The van der Waals surface area contributed by atoms with E-state index in [9.17, 15) is 4.79 Å². The van der Waals surface area contributed by atoms with Crippen molar-refractivity contribution in [1.29, 1.82) is 0 Å². The van der Waals surface area contributed by atoms with Crippen molar-refractivity contribution in [2.24, 2.45) is 0 Å². The third kappa shape index (κ3) is 2.18. The van der Waals surface area contributed by atoms with E-state index >= 15 is 0 Å². The minimum atomic E-state index is 0.160. The van der Waals surface area contributed by atoms with Gasteiger partial charge in [-0.1, -0.05) is 6.07 Å². The summed E-state index contributed by atoms with van der Waals surface area (Å²) in [6.45, 7) is 0.375. The molecule has 1 aliphatic rings. The Kier molecular flexibility index (Phi) is 2.91. The SMILES string of the molecule is CN(C(=O)Cn1ccnc1-c1cccs1)C1CC1. The topological polar surface area (TPSA) is 38.1 Å². The van der Waals surface area contributed by atoms with Crippen molar-refractivity contribution in [2.45, 2.75) is 25.4 Å². The Hall–Kier alpha value is -1.62. The van der Waals surface area contributed by atoms with Crippen LogP contribution in [0.3, 0.4) is 0 Å². The van der Waals surface area contributed by atoms with Crippen LogP contribution in [0.15, 0.2) is 29.9 Å². The quantitative estimate of drug-likeness (QED) is 0.846. The average Bonchev–Trinajstić information content (AvgIpc) is 2.88. The third-order valence-corrected chi connectivity index (χ3v) is 4.12. The maximum absolute atomic E-state index is 12.1. The molecule has 2 aromatic heterocycles. The van der Waals surface area contributed by atoms with Gasteiger partial charge in [-0.25, -0.2) is 4.98 Å². The van der Waals surface area contributed by atoms with Gasteiger partial charge >= 0.3 is 0 Å². The van der Waals surface area contributed by atoms with Crippen LogP contribution in [-0.4, -0.2) is 33.4 Å². The van der Waals surface area contributed by atoms with E-state index in [1.807, 2.05) is 40.2 Å². The maximum Gasteiger partial charge on any atom is 0.242 e. The van der Waals surface area contributed by atoms with Crippen LogP contribution in [-0.2, 0) is 11.3 Å². The molecule has 94 valence electrons. The fourth-order valence-electron chi connectivity index (χ4n) is 1.99. The van der Waals surface area contributed by atoms with Gasteiger partial charge in [0.1, 0.15) is 12.4 Å². The van der Waals surface area contributed by atoms with Crippen molar-refractivity contribution in [3.63, 3.8) is 0 Å². The van der Waals surface area contributed by atoms with Crippen LogP contribution in [0.25, 0.3) is 10.7 Å². The van der Waals surface area contributed by atoms with Crippen molar-refractivity contribution in [3.05, 3.63) is 29.9 Å². The van der Waals surface area contributed by atoms with Crippen LogP contribution in [0.1, 0.15) is 12.8 Å². The van der Waals surface area contributed by atoms with Crippen molar-refractivity contribution in [3.8, 4) is 10.7 Å². The number of amides is 1. The first-order valence-electron chi connectivity index (χ1n) is 6.06. The summed E-state index contributed by atoms with van der Waals surface area (Å²) in [7, 11) is 1.89. The molecule has 18 heavy (non-hydrogen) atoms. The predicted molar refractivity (Wildman–Crippen MR) is 71.3 cm³/mol. The highest BCUT2D eigenvalue weighted by Crippen LogP contribution is 2.26. The first-order valence-corrected chi connectivity index (χ1v) is 6.94. The van der Waals surface area contributed by atoms with Crippen LogP contribution < -0.4 is 0 Å². The Morgan fingerprint density at radius 2 is 2.44 bits per heavy atom. The summed E-state index contributed by atoms with van der Waals surface area (Å²) in [5, 5.41) is 2.02. The van der Waals surface area contributed by atoms with E-state index < -0.39 is 0 Å². The second kappa shape index (κ2) is 4.57. The number of imidazole rings is 1. The first kappa shape index (κ1) is 11.5. The molecule has 2 aromatic rings. The number of nitrogens with zero attached hydrogens (tertiary/aromatic N) is 3. The summed E-state index contributed by atoms with van der Waals surface area (Å²) in [6.07, 6.45) is 5.90. The van der Waals surface area contributed by atoms with Crippen LogP contribution in [0, 0.1) is 0 Å². The fraction of sp³-hybridized carbons (Fsp3) is 0.385. The number of hydrogen-bond donors (Lipinski definition) is 0. The van der Waals surface area contributed by atoms with E-state index in [0.29, 0.717) is 12.6 Å². The zero-order valence-corrected chi connectivity index (χ0v) is 11.1. The smallest absolute Gasteiger partial charge is 0.242 e. The average molecular weight is 261 g/mol. The van der Waals surface area contributed by atoms with E-state index in [2.05, 4.69) is 4.98 Å². The molecule has 0 atom stereocenters. The Morgan fingerprint density at radius 3 is 3.11 bits per heavy atom. The standard InChI is InChI=1S/C13H15N3OS/c1-15(10-4-5-10)12(17)9-16-7-6-14-13(16)11-3-2-8-18-11/h2-3,6-8,10H,4-5,9H2,1H3. The summed E-state index contributed by atoms with van der Waals surface area (Å²) in [4.78, 5) is 19.4. The van der Waals surface area contributed by atoms with Gasteiger partial charge in [0.15, 0.2) is 0 Å². The molecular formula is C13H15N3OS. The van der Waals surface area contributed by atoms with Gasteiger partial charge in [-0.2, -0.15) is 0 Å². The Bertz CT molecular complexity index is 542. The third-order valence-electron chi connectivity index (χ3n) is 3.25. The molecule has 2 heterocycles. The lowest BCUT2D eigenvalue weighted by Crippen LogP contribution is -2.31. The van der Waals surface area contributed by atoms with E-state index in [-0.39, 0.29) is 5.91 Å². The normalized spacial score (nSPS) is 14.7. The zero-order valence-electron chi connectivity index (χ0n) is 10.2. The number of aromatic nitrogens is 2. The largest absolute Gasteiger partial charge is 0.341 e. The number of carbonyl (C=O) groups is 1. The molecule has 0 aliphatic heterocycles. The van der Waals surface area contributed by atoms with E-state index in [0.717, 1.165) is 23.5 Å². The van der Waals surface area contributed by atoms with Crippen molar-refractivity contribution >= 4 is 17.2 Å². The van der Waals surface area contributed by atoms with Crippen LogP contribution >= 0.6 is 11.3 Å². The molecule has 0 radical (unpaired) electrons. The van der Waals surface area contributed by atoms with Gasteiger partial charge in [0, 0.05) is 25.5 Å². The van der Waals surface area contributed by atoms with Crippen LogP contribution in [0.5, 0.6) is 0 Å². The Balaban J connectivity index is 1.77. The van der Waals surface area contributed by atoms with Crippen LogP contribution in [0.2, 0.25) is 0 Å². The number of thiophene rings is 1. The molecule has 3 rings (SSSR count). The minimum absolute atomic E-state index is 0.160. The summed E-state index contributed by atoms with van der Waals surface area (Å²) < 4.78 is 1.92. The highest BCUT2D eigenvalue weighted by Gasteiger charge is 2.29. The highest BCUT2D eigenvalue weighted by atomic mass is 32.1. The molecule has 0 unspecified atom stereocenters. The first-order chi connectivity index (χ1) is 8.75. The number of likely N-dealkylation sites (N-methyl/N-ethyl adjacent to an activating group) is 1. The number of carbonyl (C=O) groups excluding carboxylic acids is 1. The molecule has 0 bridgehead atoms. The molecular weight excluding hydrogens is 246 g/mol. The zero-order chi connectivity index (χ0) is 12.5. The molecule has 0 N–H and O–H groups in total. The number of hydrogen-bond acceptors (Lipinski definition) is 3. The molecule has 0 aromatic carbocycles. The summed E-state index contributed by atoms with van der Waals surface area (Å²) >= 11 is 1.64. The molecule has 1 amide bonds. The second-order valence-electron chi connectivity index (χ2n) is 4.59. The van der Waals surface area contributed by atoms with Gasteiger partial charge in [-0.15, -0.1) is 11.3 Å². The second-order valence-corrected chi connectivity index (χ2v) is 5.54. The van der Waals surface area contributed by atoms with Gasteiger partial charge in [0.25, 0.3) is 0 Å². The summed E-state index contributed by atoms with van der Waals surface area (Å²) in [5.41, 5.74) is 0. The fourth-order valence-corrected chi connectivity index (χ4v) is 2.73. The van der Waals surface area contributed by atoms with Gasteiger partial charge in [0.2, 0.25) is 5.91 Å². The Morgan fingerprint density at radius 1 is 1.61 bits per heavy atom. The van der Waals surface area contributed by atoms with Gasteiger partial charge in [-0.3, -0.25) is 4.79 Å². The number of rotatable bonds is 4. The van der Waals surface area contributed by atoms with E-state index in [1.54, 1.807) is 17.5 Å². The minimum Gasteiger partial charge on any atom is -0.341 e. The summed E-state index contributed by atoms with van der Waals surface area (Å²) in [5.74, 6) is 1.04. The molecule has 1 aliphatic carbocycles. The van der Waals surface area contributed by atoms with Crippen molar-refractivity contribution in [1.82, 2.24) is 14.5 Å². The van der Waals surface area contributed by atoms with Gasteiger partial charge in [-0.05, 0) is 24.3 Å². The van der Waals surface area contributed by atoms with Gasteiger partial charge < -0.3 is 9.47 Å². The summed E-state index contributed by atoms with van der Waals surface area (Å²) in [6, 6.07) is 4.49. The predicted octanol–water partition coefficient (Wildman–Crippen LogP) is 2.23. The van der Waals surface area contributed by atoms with E-state index in [4.69, 9.17) is 0 Å². The lowest BCUT2D eigenvalue weighted by molar-refractivity contribution is -0.131. The molecule has 1 saturated carbocycles. The Labute approximate surface area is 110 Å². The highest BCUT2D eigenvalue weighted by molar-refractivity contribution is 7.13.